The van der Waals surface area contributed by atoms with Crippen LogP contribution in [-0.4, -0.2) is 5.11 Å². The maximum atomic E-state index is 6.26. The largest absolute Gasteiger partial charge is 0.352 e. The molecule has 5 heteroatoms. The highest BCUT2D eigenvalue weighted by Crippen LogP contribution is 2.32. The molecule has 1 unspecified atom stereocenters. The summed E-state index contributed by atoms with van der Waals surface area (Å²) in [5.41, 5.74) is 2.06. The number of nitrogens with one attached hydrogen (secondary N) is 2. The maximum absolute atomic E-state index is 6.26. The fraction of sp³-hybridized carbons (Fsp3) is 0.357. The molecule has 2 N–H and O–H groups in total. The van der Waals surface area contributed by atoms with Crippen molar-refractivity contribution in [2.24, 2.45) is 5.41 Å². The minimum Gasteiger partial charge on any atom is -0.352 e. The molecule has 0 spiro atoms. The summed E-state index contributed by atoms with van der Waals surface area (Å²) in [6.07, 6.45) is 2.12. The molecule has 0 radical (unpaired) electrons. The van der Waals surface area contributed by atoms with Crippen molar-refractivity contribution in [3.05, 3.63) is 45.6 Å². The van der Waals surface area contributed by atoms with Crippen molar-refractivity contribution in [3.63, 3.8) is 0 Å². The van der Waals surface area contributed by atoms with Gasteiger partial charge in [0.2, 0.25) is 0 Å². The van der Waals surface area contributed by atoms with E-state index in [-0.39, 0.29) is 11.5 Å². The molecule has 2 nitrogen and oxygen atoms in total. The molecule has 0 aliphatic carbocycles. The van der Waals surface area contributed by atoms with Crippen LogP contribution in [0.5, 0.6) is 0 Å². The van der Waals surface area contributed by atoms with Gasteiger partial charge in [-0.15, -0.1) is 0 Å². The summed E-state index contributed by atoms with van der Waals surface area (Å²) in [5.74, 6) is 0. The van der Waals surface area contributed by atoms with Crippen LogP contribution in [0, 0.1) is 5.41 Å². The van der Waals surface area contributed by atoms with Crippen LogP contribution in [0.2, 0.25) is 10.0 Å². The second-order valence-corrected chi connectivity index (χ2v) is 6.82. The minimum absolute atomic E-state index is 0.00329. The van der Waals surface area contributed by atoms with Crippen molar-refractivity contribution in [2.75, 3.05) is 0 Å². The van der Waals surface area contributed by atoms with Gasteiger partial charge in [0.1, 0.15) is 0 Å². The third-order valence-corrected chi connectivity index (χ3v) is 3.76. The van der Waals surface area contributed by atoms with E-state index in [1.54, 1.807) is 6.07 Å². The maximum Gasteiger partial charge on any atom is 0.171 e. The zero-order chi connectivity index (χ0) is 14.2. The van der Waals surface area contributed by atoms with E-state index in [9.17, 15) is 0 Å². The van der Waals surface area contributed by atoms with Gasteiger partial charge in [0.05, 0.1) is 6.04 Å². The Labute approximate surface area is 129 Å². The quantitative estimate of drug-likeness (QED) is 0.749. The predicted octanol–water partition coefficient (Wildman–Crippen LogP) is 4.44. The van der Waals surface area contributed by atoms with E-state index in [0.717, 1.165) is 11.3 Å². The van der Waals surface area contributed by atoms with Crippen LogP contribution >= 0.6 is 35.4 Å². The fourth-order valence-corrected chi connectivity index (χ4v) is 2.67. The molecule has 102 valence electrons. The third-order valence-electron chi connectivity index (χ3n) is 2.97. The highest BCUT2D eigenvalue weighted by Gasteiger charge is 2.25. The van der Waals surface area contributed by atoms with Gasteiger partial charge in [-0.25, -0.2) is 0 Å². The molecule has 19 heavy (non-hydrogen) atoms. The molecule has 0 amide bonds. The molecule has 1 aromatic carbocycles. The highest BCUT2D eigenvalue weighted by atomic mass is 35.5. The van der Waals surface area contributed by atoms with Gasteiger partial charge in [-0.1, -0.05) is 50.0 Å². The van der Waals surface area contributed by atoms with Crippen LogP contribution in [0.25, 0.3) is 0 Å². The molecule has 0 aromatic heterocycles. The Balaban J connectivity index is 2.41. The predicted molar refractivity (Wildman–Crippen MR) is 85.6 cm³/mol. The smallest absolute Gasteiger partial charge is 0.171 e. The van der Waals surface area contributed by atoms with Gasteiger partial charge in [-0.05, 0) is 36.0 Å². The van der Waals surface area contributed by atoms with E-state index < -0.39 is 0 Å². The van der Waals surface area contributed by atoms with Gasteiger partial charge in [-0.2, -0.15) is 0 Å². The Kier molecular flexibility index (Phi) is 4.09. The number of benzene rings is 1. The Morgan fingerprint density at radius 2 is 1.89 bits per heavy atom. The van der Waals surface area contributed by atoms with Crippen molar-refractivity contribution < 1.29 is 0 Å². The SMILES string of the molecule is CC(C)(C)C1=CC(c2ccc(Cl)cc2Cl)NC(=S)N1. The number of allylic oxidation sites excluding steroid dienone is 1. The van der Waals surface area contributed by atoms with E-state index in [4.69, 9.17) is 35.4 Å². The van der Waals surface area contributed by atoms with E-state index in [1.807, 2.05) is 12.1 Å². The number of hydrogen-bond acceptors (Lipinski definition) is 1. The number of thiocarbonyl (C=S) groups is 1. The summed E-state index contributed by atoms with van der Waals surface area (Å²) in [6, 6.07) is 5.47. The van der Waals surface area contributed by atoms with Crippen molar-refractivity contribution in [2.45, 2.75) is 26.8 Å². The van der Waals surface area contributed by atoms with Crippen LogP contribution in [-0.2, 0) is 0 Å². The third kappa shape index (κ3) is 3.41. The number of halogens is 2. The van der Waals surface area contributed by atoms with Crippen molar-refractivity contribution >= 4 is 40.5 Å². The Hall–Kier alpha value is -0.770. The molecule has 0 bridgehead atoms. The molecule has 1 heterocycles. The Bertz CT molecular complexity index is 547. The van der Waals surface area contributed by atoms with Crippen molar-refractivity contribution in [1.82, 2.24) is 10.6 Å². The standard InChI is InChI=1S/C14H16Cl2N2S/c1-14(2,3)12-7-11(17-13(19)18-12)9-5-4-8(15)6-10(9)16/h4-7,11H,1-3H3,(H2,17,18,19). The van der Waals surface area contributed by atoms with Crippen LogP contribution in [0.4, 0.5) is 0 Å². The minimum atomic E-state index is -0.0345. The molecule has 1 aliphatic rings. The lowest BCUT2D eigenvalue weighted by Gasteiger charge is -2.32. The van der Waals surface area contributed by atoms with Gasteiger partial charge >= 0.3 is 0 Å². The van der Waals surface area contributed by atoms with E-state index in [0.29, 0.717) is 15.2 Å². The molecule has 1 aliphatic heterocycles. The van der Waals surface area contributed by atoms with Gasteiger partial charge in [0, 0.05) is 21.2 Å². The van der Waals surface area contributed by atoms with Gasteiger partial charge in [-0.3, -0.25) is 0 Å². The lowest BCUT2D eigenvalue weighted by atomic mass is 9.89. The highest BCUT2D eigenvalue weighted by molar-refractivity contribution is 7.80. The number of rotatable bonds is 1. The zero-order valence-electron chi connectivity index (χ0n) is 11.1. The average Bonchev–Trinajstić information content (AvgIpc) is 2.26. The van der Waals surface area contributed by atoms with Crippen LogP contribution < -0.4 is 10.6 Å². The molecule has 0 fully saturated rings. The summed E-state index contributed by atoms with van der Waals surface area (Å²) in [5, 5.41) is 8.29. The Morgan fingerprint density at radius 3 is 2.47 bits per heavy atom. The fourth-order valence-electron chi connectivity index (χ4n) is 1.91. The van der Waals surface area contributed by atoms with E-state index in [1.165, 1.54) is 0 Å². The number of hydrogen-bond donors (Lipinski definition) is 2. The molecule has 1 aromatic rings. The molecule has 0 saturated carbocycles. The summed E-state index contributed by atoms with van der Waals surface area (Å²) in [4.78, 5) is 0. The molecule has 2 rings (SSSR count). The van der Waals surface area contributed by atoms with Gasteiger partial charge in [0.15, 0.2) is 5.11 Å². The average molecular weight is 315 g/mol. The zero-order valence-corrected chi connectivity index (χ0v) is 13.4. The van der Waals surface area contributed by atoms with Crippen LogP contribution in [0.3, 0.4) is 0 Å². The summed E-state index contributed by atoms with van der Waals surface area (Å²) < 4.78 is 0. The van der Waals surface area contributed by atoms with Crippen molar-refractivity contribution in [1.29, 1.82) is 0 Å². The van der Waals surface area contributed by atoms with Crippen LogP contribution in [0.1, 0.15) is 32.4 Å². The molecular weight excluding hydrogens is 299 g/mol. The van der Waals surface area contributed by atoms with Gasteiger partial charge in [0.25, 0.3) is 0 Å². The van der Waals surface area contributed by atoms with E-state index in [2.05, 4.69) is 37.5 Å². The second kappa shape index (κ2) is 5.31. The molecular formula is C14H16Cl2N2S. The monoisotopic (exact) mass is 314 g/mol. The van der Waals surface area contributed by atoms with E-state index >= 15 is 0 Å². The first kappa shape index (κ1) is 14.6. The summed E-state index contributed by atoms with van der Waals surface area (Å²) in [6.45, 7) is 6.42. The molecule has 0 saturated heterocycles. The summed E-state index contributed by atoms with van der Waals surface area (Å²) >= 11 is 17.4. The first-order chi connectivity index (χ1) is 8.77. The topological polar surface area (TPSA) is 24.1 Å². The lowest BCUT2D eigenvalue weighted by Crippen LogP contribution is -2.44. The Morgan fingerprint density at radius 1 is 1.21 bits per heavy atom. The van der Waals surface area contributed by atoms with Crippen molar-refractivity contribution in [3.8, 4) is 0 Å². The first-order valence-corrected chi connectivity index (χ1v) is 7.18. The lowest BCUT2D eigenvalue weighted by molar-refractivity contribution is 0.468. The normalized spacial score (nSPS) is 19.5. The second-order valence-electron chi connectivity index (χ2n) is 5.57. The van der Waals surface area contributed by atoms with Crippen LogP contribution in [0.15, 0.2) is 30.0 Å². The molecule has 1 atom stereocenters. The van der Waals surface area contributed by atoms with Gasteiger partial charge < -0.3 is 10.6 Å². The summed E-state index contributed by atoms with van der Waals surface area (Å²) in [7, 11) is 0. The first-order valence-electron chi connectivity index (χ1n) is 6.02.